The van der Waals surface area contributed by atoms with Gasteiger partial charge in [-0.1, -0.05) is 6.42 Å². The number of carbonyl (C=O) groups excluding carboxylic acids is 1. The molecule has 1 aliphatic heterocycles. The molecule has 0 radical (unpaired) electrons. The van der Waals surface area contributed by atoms with Gasteiger partial charge >= 0.3 is 5.97 Å². The summed E-state index contributed by atoms with van der Waals surface area (Å²) in [6, 6.07) is 0. The van der Waals surface area contributed by atoms with Gasteiger partial charge in [0.05, 0.1) is 12.0 Å². The lowest BCUT2D eigenvalue weighted by molar-refractivity contribution is -0.143. The van der Waals surface area contributed by atoms with Gasteiger partial charge in [-0.25, -0.2) is 0 Å². The van der Waals surface area contributed by atoms with Gasteiger partial charge in [-0.2, -0.15) is 0 Å². The maximum Gasteiger partial charge on any atom is 0.309 e. The van der Waals surface area contributed by atoms with Crippen LogP contribution in [0.4, 0.5) is 0 Å². The molecule has 0 N–H and O–H groups in total. The standard InChI is InChI=1S/C7H11BO2/c8-5-2-1-4-3-6(5)10-7(4)9/h4-6H,1-3,8H2/t4-,5-,6+/m0/s1. The van der Waals surface area contributed by atoms with Crippen molar-refractivity contribution in [3.8, 4) is 0 Å². The second-order valence-corrected chi connectivity index (χ2v) is 3.46. The first-order chi connectivity index (χ1) is 4.77. The van der Waals surface area contributed by atoms with E-state index in [1.165, 1.54) is 6.42 Å². The fourth-order valence-corrected chi connectivity index (χ4v) is 1.90. The Bertz CT molecular complexity index is 169. The number of fused-ring (bicyclic) bond motifs is 2. The van der Waals surface area contributed by atoms with Gasteiger partial charge in [0.15, 0.2) is 0 Å². The summed E-state index contributed by atoms with van der Waals surface area (Å²) in [4.78, 5) is 11.0. The molecule has 3 atom stereocenters. The molecule has 10 heavy (non-hydrogen) atoms. The third kappa shape index (κ3) is 0.763. The highest BCUT2D eigenvalue weighted by Crippen LogP contribution is 2.39. The molecule has 2 nitrogen and oxygen atoms in total. The fourth-order valence-electron chi connectivity index (χ4n) is 1.90. The molecule has 0 spiro atoms. The number of rotatable bonds is 0. The highest BCUT2D eigenvalue weighted by Gasteiger charge is 2.40. The highest BCUT2D eigenvalue weighted by molar-refractivity contribution is 6.12. The molecule has 2 bridgehead atoms. The summed E-state index contributed by atoms with van der Waals surface area (Å²) >= 11 is 0. The topological polar surface area (TPSA) is 26.3 Å². The minimum atomic E-state index is 0.0503. The predicted molar refractivity (Wildman–Crippen MR) is 39.5 cm³/mol. The van der Waals surface area contributed by atoms with Crippen molar-refractivity contribution in [2.24, 2.45) is 5.92 Å². The van der Waals surface area contributed by atoms with E-state index >= 15 is 0 Å². The molecule has 2 rings (SSSR count). The molecule has 2 aliphatic rings. The zero-order valence-corrected chi connectivity index (χ0v) is 6.17. The van der Waals surface area contributed by atoms with Crippen LogP contribution in [0.2, 0.25) is 5.82 Å². The first-order valence-corrected chi connectivity index (χ1v) is 3.98. The second-order valence-electron chi connectivity index (χ2n) is 3.46. The zero-order valence-electron chi connectivity index (χ0n) is 6.17. The molecule has 1 saturated heterocycles. The van der Waals surface area contributed by atoms with Crippen molar-refractivity contribution in [3.05, 3.63) is 0 Å². The quantitative estimate of drug-likeness (QED) is 0.351. The predicted octanol–water partition coefficient (Wildman–Crippen LogP) is 0.133. The summed E-state index contributed by atoms with van der Waals surface area (Å²) in [6.45, 7) is 0. The van der Waals surface area contributed by atoms with E-state index in [9.17, 15) is 4.79 Å². The molecule has 0 aromatic carbocycles. The number of hydrogen-bond acceptors (Lipinski definition) is 2. The molecule has 0 aromatic rings. The number of carbonyl (C=O) groups is 1. The van der Waals surface area contributed by atoms with E-state index in [4.69, 9.17) is 4.74 Å². The first kappa shape index (κ1) is 6.26. The lowest BCUT2D eigenvalue weighted by Gasteiger charge is -2.21. The van der Waals surface area contributed by atoms with E-state index in [1.807, 2.05) is 0 Å². The Morgan fingerprint density at radius 2 is 2.30 bits per heavy atom. The van der Waals surface area contributed by atoms with Gasteiger partial charge in [0.1, 0.15) is 7.85 Å². The third-order valence-corrected chi connectivity index (χ3v) is 2.72. The molecule has 1 aliphatic carbocycles. The maximum absolute atomic E-state index is 11.0. The largest absolute Gasteiger partial charge is 0.463 e. The highest BCUT2D eigenvalue weighted by atomic mass is 16.6. The van der Waals surface area contributed by atoms with Crippen LogP contribution >= 0.6 is 0 Å². The van der Waals surface area contributed by atoms with Crippen molar-refractivity contribution in [1.29, 1.82) is 0 Å². The van der Waals surface area contributed by atoms with E-state index in [2.05, 4.69) is 7.85 Å². The van der Waals surface area contributed by atoms with Gasteiger partial charge in [-0.15, -0.1) is 0 Å². The normalized spacial score (nSPS) is 45.2. The summed E-state index contributed by atoms with van der Waals surface area (Å²) in [5.41, 5.74) is 0. The summed E-state index contributed by atoms with van der Waals surface area (Å²) in [7, 11) is 2.17. The second kappa shape index (κ2) is 2.01. The Morgan fingerprint density at radius 1 is 1.50 bits per heavy atom. The number of hydrogen-bond donors (Lipinski definition) is 0. The molecular formula is C7H11BO2. The zero-order chi connectivity index (χ0) is 7.14. The van der Waals surface area contributed by atoms with Crippen molar-refractivity contribution in [2.75, 3.05) is 0 Å². The molecule has 0 aromatic heterocycles. The average molecular weight is 138 g/mol. The number of esters is 1. The molecule has 1 heterocycles. The Hall–Kier alpha value is -0.465. The lowest BCUT2D eigenvalue weighted by atomic mass is 9.71. The van der Waals surface area contributed by atoms with E-state index in [1.54, 1.807) is 0 Å². The van der Waals surface area contributed by atoms with Crippen molar-refractivity contribution < 1.29 is 9.53 Å². The number of ether oxygens (including phenoxy) is 1. The Labute approximate surface area is 61.3 Å². The smallest absolute Gasteiger partial charge is 0.309 e. The lowest BCUT2D eigenvalue weighted by Crippen LogP contribution is -2.18. The van der Waals surface area contributed by atoms with Crippen LogP contribution in [0, 0.1) is 5.92 Å². The third-order valence-electron chi connectivity index (χ3n) is 2.72. The minimum absolute atomic E-state index is 0.0503. The van der Waals surface area contributed by atoms with Gasteiger partial charge in [0.25, 0.3) is 0 Å². The van der Waals surface area contributed by atoms with Crippen LogP contribution in [0.25, 0.3) is 0 Å². The van der Waals surface area contributed by atoms with Gasteiger partial charge in [-0.3, -0.25) is 4.79 Å². The van der Waals surface area contributed by atoms with E-state index in [0.29, 0.717) is 5.82 Å². The minimum Gasteiger partial charge on any atom is -0.463 e. The SMILES string of the molecule is B[C@H]1CC[C@H]2C[C@H]1OC2=O. The van der Waals surface area contributed by atoms with Crippen molar-refractivity contribution in [1.82, 2.24) is 0 Å². The summed E-state index contributed by atoms with van der Waals surface area (Å²) in [5.74, 6) is 0.901. The van der Waals surface area contributed by atoms with E-state index < -0.39 is 0 Å². The van der Waals surface area contributed by atoms with Crippen LogP contribution in [-0.4, -0.2) is 19.9 Å². The van der Waals surface area contributed by atoms with Gasteiger partial charge in [-0.05, 0) is 18.7 Å². The van der Waals surface area contributed by atoms with Crippen LogP contribution in [0.1, 0.15) is 19.3 Å². The first-order valence-electron chi connectivity index (χ1n) is 3.98. The van der Waals surface area contributed by atoms with Crippen molar-refractivity contribution in [2.45, 2.75) is 31.2 Å². The van der Waals surface area contributed by atoms with Crippen molar-refractivity contribution >= 4 is 13.8 Å². The van der Waals surface area contributed by atoms with Gasteiger partial charge in [0, 0.05) is 0 Å². The average Bonchev–Trinajstić information content (AvgIpc) is 2.21. The van der Waals surface area contributed by atoms with Crippen LogP contribution in [0.15, 0.2) is 0 Å². The van der Waals surface area contributed by atoms with Crippen LogP contribution < -0.4 is 0 Å². The van der Waals surface area contributed by atoms with Crippen LogP contribution in [-0.2, 0) is 9.53 Å². The molecule has 0 unspecified atom stereocenters. The van der Waals surface area contributed by atoms with E-state index in [-0.39, 0.29) is 18.0 Å². The van der Waals surface area contributed by atoms with E-state index in [0.717, 1.165) is 12.8 Å². The molecule has 54 valence electrons. The van der Waals surface area contributed by atoms with Gasteiger partial charge in [0.2, 0.25) is 0 Å². The molecule has 1 saturated carbocycles. The maximum atomic E-state index is 11.0. The Balaban J connectivity index is 2.15. The molecule has 2 fully saturated rings. The molecule has 0 amide bonds. The van der Waals surface area contributed by atoms with Crippen molar-refractivity contribution in [3.63, 3.8) is 0 Å². The van der Waals surface area contributed by atoms with Crippen LogP contribution in [0.3, 0.4) is 0 Å². The molecular weight excluding hydrogens is 127 g/mol. The monoisotopic (exact) mass is 138 g/mol. The van der Waals surface area contributed by atoms with Gasteiger partial charge < -0.3 is 4.74 Å². The fraction of sp³-hybridized carbons (Fsp3) is 0.857. The Morgan fingerprint density at radius 3 is 3.00 bits per heavy atom. The summed E-state index contributed by atoms with van der Waals surface area (Å²) < 4.78 is 5.16. The summed E-state index contributed by atoms with van der Waals surface area (Å²) in [5, 5.41) is 0. The van der Waals surface area contributed by atoms with Crippen LogP contribution in [0.5, 0.6) is 0 Å². The molecule has 3 heteroatoms. The Kier molecular flexibility index (Phi) is 1.26. The summed E-state index contributed by atoms with van der Waals surface area (Å²) in [6.07, 6.45) is 3.46.